The Labute approximate surface area is 188 Å². The molecule has 2 amide bonds. The average molecular weight is 444 g/mol. The zero-order valence-electron chi connectivity index (χ0n) is 19.9. The van der Waals surface area contributed by atoms with Crippen LogP contribution in [0, 0.1) is 5.41 Å². The number of ether oxygens (including phenoxy) is 2. The van der Waals surface area contributed by atoms with Crippen molar-refractivity contribution in [1.82, 2.24) is 9.88 Å². The van der Waals surface area contributed by atoms with Gasteiger partial charge in [0.15, 0.2) is 0 Å². The summed E-state index contributed by atoms with van der Waals surface area (Å²) in [5.41, 5.74) is 0.00999. The number of carbonyl (C=O) groups is 3. The van der Waals surface area contributed by atoms with Crippen LogP contribution in [0.4, 0.5) is 15.3 Å². The highest BCUT2D eigenvalue weighted by atomic mass is 16.6. The summed E-state index contributed by atoms with van der Waals surface area (Å²) in [6, 6.07) is 7.07. The third-order valence-electron chi connectivity index (χ3n) is 5.08. The van der Waals surface area contributed by atoms with Crippen molar-refractivity contribution in [2.24, 2.45) is 5.41 Å². The molecule has 0 spiro atoms. The second kappa shape index (κ2) is 8.15. The van der Waals surface area contributed by atoms with Crippen LogP contribution < -0.4 is 10.6 Å². The monoisotopic (exact) mass is 443 g/mol. The van der Waals surface area contributed by atoms with Gasteiger partial charge >= 0.3 is 12.2 Å². The lowest BCUT2D eigenvalue weighted by molar-refractivity contribution is -0.125. The molecule has 0 radical (unpaired) electrons. The summed E-state index contributed by atoms with van der Waals surface area (Å²) >= 11 is 0. The van der Waals surface area contributed by atoms with Crippen LogP contribution >= 0.6 is 0 Å². The smallest absolute Gasteiger partial charge is 0.419 e. The van der Waals surface area contributed by atoms with Gasteiger partial charge in [-0.3, -0.25) is 10.1 Å². The second-order valence-corrected chi connectivity index (χ2v) is 10.6. The van der Waals surface area contributed by atoms with Gasteiger partial charge in [0.25, 0.3) is 0 Å². The highest BCUT2D eigenvalue weighted by molar-refractivity contribution is 5.95. The topological polar surface area (TPSA) is 98.7 Å². The van der Waals surface area contributed by atoms with Crippen LogP contribution in [0.15, 0.2) is 24.3 Å². The molecule has 8 heteroatoms. The molecule has 1 saturated carbocycles. The number of amides is 2. The Morgan fingerprint density at radius 3 is 2.19 bits per heavy atom. The minimum atomic E-state index is -0.692. The van der Waals surface area contributed by atoms with Crippen LogP contribution in [0.2, 0.25) is 0 Å². The number of anilines is 1. The van der Waals surface area contributed by atoms with Gasteiger partial charge in [0.1, 0.15) is 11.2 Å². The van der Waals surface area contributed by atoms with Crippen molar-refractivity contribution in [3.05, 3.63) is 30.0 Å². The molecule has 174 valence electrons. The Bertz CT molecular complexity index is 1050. The molecule has 1 fully saturated rings. The summed E-state index contributed by atoms with van der Waals surface area (Å²) in [6.45, 7) is 12.9. The fourth-order valence-electron chi connectivity index (χ4n) is 3.21. The van der Waals surface area contributed by atoms with Crippen LogP contribution in [0.5, 0.6) is 0 Å². The molecule has 1 aliphatic carbocycles. The fourth-order valence-corrected chi connectivity index (χ4v) is 3.21. The zero-order chi connectivity index (χ0) is 23.9. The van der Waals surface area contributed by atoms with Crippen LogP contribution in [0.3, 0.4) is 0 Å². The van der Waals surface area contributed by atoms with Crippen molar-refractivity contribution in [2.75, 3.05) is 5.32 Å². The molecule has 0 saturated heterocycles. The Morgan fingerprint density at radius 1 is 1.00 bits per heavy atom. The predicted octanol–water partition coefficient (Wildman–Crippen LogP) is 5.19. The van der Waals surface area contributed by atoms with Crippen molar-refractivity contribution < 1.29 is 23.9 Å². The van der Waals surface area contributed by atoms with E-state index in [-0.39, 0.29) is 17.9 Å². The predicted molar refractivity (Wildman–Crippen MR) is 123 cm³/mol. The quantitative estimate of drug-likeness (QED) is 0.678. The van der Waals surface area contributed by atoms with E-state index in [9.17, 15) is 14.4 Å². The molecule has 0 bridgehead atoms. The van der Waals surface area contributed by atoms with Gasteiger partial charge in [-0.05, 0) is 72.6 Å². The fraction of sp³-hybridized carbons (Fsp3) is 0.542. The zero-order valence-corrected chi connectivity index (χ0v) is 19.9. The maximum absolute atomic E-state index is 13.0. The number of carbonyl (C=O) groups excluding carboxylic acids is 3. The number of nitrogens with zero attached hydrogens (tertiary/aromatic N) is 1. The highest BCUT2D eigenvalue weighted by Crippen LogP contribution is 2.45. The van der Waals surface area contributed by atoms with Gasteiger partial charge < -0.3 is 14.8 Å². The minimum Gasteiger partial charge on any atom is -0.444 e. The molecule has 1 aromatic heterocycles. The summed E-state index contributed by atoms with van der Waals surface area (Å²) in [5, 5.41) is 6.42. The molecule has 1 aromatic carbocycles. The number of hydrogen-bond acceptors (Lipinski definition) is 5. The van der Waals surface area contributed by atoms with Crippen molar-refractivity contribution in [2.45, 2.75) is 79.1 Å². The summed E-state index contributed by atoms with van der Waals surface area (Å²) < 4.78 is 12.4. The van der Waals surface area contributed by atoms with Crippen LogP contribution in [-0.4, -0.2) is 33.9 Å². The van der Waals surface area contributed by atoms with E-state index in [2.05, 4.69) is 10.6 Å². The van der Waals surface area contributed by atoms with E-state index in [4.69, 9.17) is 9.47 Å². The van der Waals surface area contributed by atoms with Gasteiger partial charge in [-0.25, -0.2) is 14.2 Å². The molecule has 1 heterocycles. The number of nitrogens with one attached hydrogen (secondary N) is 2. The molecule has 3 rings (SSSR count). The van der Waals surface area contributed by atoms with Gasteiger partial charge in [-0.2, -0.15) is 0 Å². The first-order valence-corrected chi connectivity index (χ1v) is 10.8. The van der Waals surface area contributed by atoms with Crippen molar-refractivity contribution >= 4 is 34.7 Å². The number of hydrogen-bond donors (Lipinski definition) is 2. The first-order chi connectivity index (χ1) is 14.7. The van der Waals surface area contributed by atoms with Crippen LogP contribution in [-0.2, 0) is 20.8 Å². The normalized spacial score (nSPS) is 15.2. The third kappa shape index (κ3) is 5.81. The molecule has 1 aliphatic rings. The van der Waals surface area contributed by atoms with Gasteiger partial charge in [0, 0.05) is 22.2 Å². The molecule has 0 atom stereocenters. The summed E-state index contributed by atoms with van der Waals surface area (Å²) in [7, 11) is 0. The van der Waals surface area contributed by atoms with Crippen molar-refractivity contribution in [1.29, 1.82) is 0 Å². The van der Waals surface area contributed by atoms with Gasteiger partial charge in [0.2, 0.25) is 5.91 Å². The van der Waals surface area contributed by atoms with E-state index in [1.54, 1.807) is 59.7 Å². The van der Waals surface area contributed by atoms with Crippen LogP contribution in [0.1, 0.15) is 67.0 Å². The molecule has 32 heavy (non-hydrogen) atoms. The van der Waals surface area contributed by atoms with Gasteiger partial charge in [-0.1, -0.05) is 13.0 Å². The summed E-state index contributed by atoms with van der Waals surface area (Å²) in [6.07, 6.45) is 0.599. The number of rotatable bonds is 4. The summed E-state index contributed by atoms with van der Waals surface area (Å²) in [5.74, 6) is -0.0224. The molecular weight excluding hydrogens is 410 g/mol. The molecular formula is C24H33N3O5. The lowest BCUT2D eigenvalue weighted by Crippen LogP contribution is -2.32. The van der Waals surface area contributed by atoms with Gasteiger partial charge in [0.05, 0.1) is 12.1 Å². The Balaban J connectivity index is 1.92. The Morgan fingerprint density at radius 2 is 1.62 bits per heavy atom. The lowest BCUT2D eigenvalue weighted by Gasteiger charge is -2.21. The maximum atomic E-state index is 13.0. The lowest BCUT2D eigenvalue weighted by atomic mass is 10.1. The van der Waals surface area contributed by atoms with Crippen molar-refractivity contribution in [3.8, 4) is 0 Å². The maximum Gasteiger partial charge on any atom is 0.419 e. The largest absolute Gasteiger partial charge is 0.444 e. The minimum absolute atomic E-state index is 0.0224. The first-order valence-electron chi connectivity index (χ1n) is 10.8. The number of benzene rings is 1. The summed E-state index contributed by atoms with van der Waals surface area (Å²) in [4.78, 5) is 37.6. The van der Waals surface area contributed by atoms with E-state index < -0.39 is 23.4 Å². The number of fused-ring (bicyclic) bond motifs is 1. The van der Waals surface area contributed by atoms with Gasteiger partial charge in [-0.15, -0.1) is 0 Å². The van der Waals surface area contributed by atoms with Crippen LogP contribution in [0.25, 0.3) is 10.9 Å². The molecule has 0 unspecified atom stereocenters. The van der Waals surface area contributed by atoms with Crippen molar-refractivity contribution in [3.63, 3.8) is 0 Å². The molecule has 2 aromatic rings. The SMILES string of the molecule is CC(C)(C)OC(=O)Nc1ccc2cc(CNC(=O)C3(C)CC3)n(C(=O)OC(C)(C)C)c2c1. The first kappa shape index (κ1) is 23.6. The van der Waals surface area contributed by atoms with E-state index in [0.717, 1.165) is 18.2 Å². The molecule has 0 aliphatic heterocycles. The van der Waals surface area contributed by atoms with E-state index in [1.807, 2.05) is 13.0 Å². The highest BCUT2D eigenvalue weighted by Gasteiger charge is 2.44. The standard InChI is InChI=1S/C24H33N3O5/c1-22(2,3)31-20(29)26-16-9-8-15-12-17(14-25-19(28)24(7)10-11-24)27(18(15)13-16)21(30)32-23(4,5)6/h8-9,12-13H,10-11,14H2,1-7H3,(H,25,28)(H,26,29). The number of aromatic nitrogens is 1. The molecule has 8 nitrogen and oxygen atoms in total. The Kier molecular flexibility index (Phi) is 6.02. The van der Waals surface area contributed by atoms with E-state index in [1.165, 1.54) is 4.57 Å². The average Bonchev–Trinajstić information content (AvgIpc) is 3.26. The van der Waals surface area contributed by atoms with E-state index in [0.29, 0.717) is 16.9 Å². The van der Waals surface area contributed by atoms with E-state index >= 15 is 0 Å². The second-order valence-electron chi connectivity index (χ2n) is 10.6. The Hall–Kier alpha value is -3.03. The molecule has 2 N–H and O–H groups in total. The third-order valence-corrected chi connectivity index (χ3v) is 5.08.